The molecule has 0 aliphatic heterocycles. The average molecular weight is 263 g/mol. The zero-order chi connectivity index (χ0) is 13.1. The Labute approximate surface area is 109 Å². The van der Waals surface area contributed by atoms with E-state index >= 15 is 0 Å². The van der Waals surface area contributed by atoms with Gasteiger partial charge in [-0.3, -0.25) is 4.79 Å². The monoisotopic (exact) mass is 263 g/mol. The predicted molar refractivity (Wildman–Crippen MR) is 68.5 cm³/mol. The quantitative estimate of drug-likeness (QED) is 0.827. The van der Waals surface area contributed by atoms with Gasteiger partial charge in [-0.05, 0) is 41.5 Å². The zero-order valence-corrected chi connectivity index (χ0v) is 10.9. The number of primary amides is 1. The van der Waals surface area contributed by atoms with Crippen molar-refractivity contribution in [2.75, 3.05) is 5.75 Å². The highest BCUT2D eigenvalue weighted by molar-refractivity contribution is 7.99. The number of aryl methyl sites for hydroxylation is 2. The van der Waals surface area contributed by atoms with E-state index in [9.17, 15) is 4.79 Å². The molecule has 0 bridgehead atoms. The van der Waals surface area contributed by atoms with Gasteiger partial charge in [0.15, 0.2) is 0 Å². The van der Waals surface area contributed by atoms with Crippen LogP contribution in [0.2, 0.25) is 0 Å². The van der Waals surface area contributed by atoms with E-state index in [0.717, 1.165) is 16.8 Å². The van der Waals surface area contributed by atoms with E-state index in [1.165, 1.54) is 11.8 Å². The Morgan fingerprint density at radius 2 is 2.22 bits per heavy atom. The van der Waals surface area contributed by atoms with Gasteiger partial charge >= 0.3 is 0 Å². The largest absolute Gasteiger partial charge is 0.369 e. The first kappa shape index (κ1) is 12.6. The summed E-state index contributed by atoms with van der Waals surface area (Å²) in [6.07, 6.45) is 0. The molecule has 0 radical (unpaired) electrons. The van der Waals surface area contributed by atoms with Crippen molar-refractivity contribution in [3.8, 4) is 5.69 Å². The van der Waals surface area contributed by atoms with Gasteiger partial charge in [0.25, 0.3) is 0 Å². The molecule has 1 aromatic heterocycles. The van der Waals surface area contributed by atoms with Gasteiger partial charge < -0.3 is 5.73 Å². The van der Waals surface area contributed by atoms with Crippen molar-refractivity contribution < 1.29 is 4.79 Å². The van der Waals surface area contributed by atoms with Gasteiger partial charge in [0.05, 0.1) is 11.4 Å². The Morgan fingerprint density at radius 1 is 1.44 bits per heavy atom. The molecule has 2 N–H and O–H groups in total. The summed E-state index contributed by atoms with van der Waals surface area (Å²) in [5.41, 5.74) is 8.21. The van der Waals surface area contributed by atoms with Crippen LogP contribution in [-0.2, 0) is 4.79 Å². The summed E-state index contributed by atoms with van der Waals surface area (Å²) in [5.74, 6) is -0.235. The topological polar surface area (TPSA) is 86.7 Å². The second-order valence-corrected chi connectivity index (χ2v) is 4.86. The van der Waals surface area contributed by atoms with Crippen LogP contribution in [0, 0.1) is 13.8 Å². The average Bonchev–Trinajstić information content (AvgIpc) is 2.77. The minimum absolute atomic E-state index is 0.158. The Hall–Kier alpha value is -1.89. The zero-order valence-electron chi connectivity index (χ0n) is 10.1. The number of carbonyl (C=O) groups excluding carboxylic acids is 1. The van der Waals surface area contributed by atoms with E-state index in [-0.39, 0.29) is 5.75 Å². The molecular formula is C11H13N5OS. The molecule has 0 unspecified atom stereocenters. The number of hydrogen-bond acceptors (Lipinski definition) is 5. The highest BCUT2D eigenvalue weighted by Crippen LogP contribution is 2.21. The van der Waals surface area contributed by atoms with E-state index in [2.05, 4.69) is 15.5 Å². The lowest BCUT2D eigenvalue weighted by atomic mass is 10.1. The van der Waals surface area contributed by atoms with Crippen LogP contribution in [0.5, 0.6) is 0 Å². The van der Waals surface area contributed by atoms with Crippen LogP contribution in [0.15, 0.2) is 23.4 Å². The normalized spacial score (nSPS) is 10.6. The number of nitrogens with zero attached hydrogens (tertiary/aromatic N) is 4. The third-order valence-corrected chi connectivity index (χ3v) is 3.32. The van der Waals surface area contributed by atoms with Crippen LogP contribution in [0.3, 0.4) is 0 Å². The van der Waals surface area contributed by atoms with Crippen molar-refractivity contribution in [1.82, 2.24) is 20.2 Å². The maximum Gasteiger partial charge on any atom is 0.227 e. The summed E-state index contributed by atoms with van der Waals surface area (Å²) in [6, 6.07) is 6.04. The Morgan fingerprint density at radius 3 is 2.94 bits per heavy atom. The lowest BCUT2D eigenvalue weighted by Gasteiger charge is -2.07. The van der Waals surface area contributed by atoms with Crippen molar-refractivity contribution in [2.45, 2.75) is 19.0 Å². The molecule has 0 saturated carbocycles. The second-order valence-electron chi connectivity index (χ2n) is 3.92. The molecule has 0 atom stereocenters. The third kappa shape index (κ3) is 2.67. The molecule has 0 saturated heterocycles. The van der Waals surface area contributed by atoms with E-state index in [4.69, 9.17) is 5.73 Å². The molecule has 1 amide bonds. The van der Waals surface area contributed by atoms with Gasteiger partial charge in [0.1, 0.15) is 0 Å². The molecule has 1 aromatic carbocycles. The molecule has 6 nitrogen and oxygen atoms in total. The molecule has 0 aliphatic carbocycles. The number of benzene rings is 1. The van der Waals surface area contributed by atoms with Gasteiger partial charge in [0, 0.05) is 0 Å². The van der Waals surface area contributed by atoms with Crippen LogP contribution < -0.4 is 5.73 Å². The fraction of sp³-hybridized carbons (Fsp3) is 0.273. The fourth-order valence-corrected chi connectivity index (χ4v) is 2.13. The predicted octanol–water partition coefficient (Wildman–Crippen LogP) is 0.857. The van der Waals surface area contributed by atoms with Crippen molar-refractivity contribution in [3.63, 3.8) is 0 Å². The molecule has 0 aliphatic rings. The first-order valence-electron chi connectivity index (χ1n) is 5.35. The number of thioether (sulfide) groups is 1. The number of aromatic nitrogens is 4. The summed E-state index contributed by atoms with van der Waals surface area (Å²) in [5, 5.41) is 12.0. The van der Waals surface area contributed by atoms with E-state index in [0.29, 0.717) is 5.16 Å². The number of amides is 1. The lowest BCUT2D eigenvalue weighted by Crippen LogP contribution is -2.14. The van der Waals surface area contributed by atoms with Crippen molar-refractivity contribution in [3.05, 3.63) is 29.3 Å². The molecule has 1 heterocycles. The molecule has 2 rings (SSSR count). The Balaban J connectivity index is 2.36. The second kappa shape index (κ2) is 5.18. The smallest absolute Gasteiger partial charge is 0.227 e. The maximum absolute atomic E-state index is 10.8. The number of carbonyl (C=O) groups is 1. The van der Waals surface area contributed by atoms with Crippen LogP contribution in [-0.4, -0.2) is 31.9 Å². The molecule has 7 heteroatoms. The maximum atomic E-state index is 10.8. The van der Waals surface area contributed by atoms with Gasteiger partial charge in [-0.2, -0.15) is 4.68 Å². The first-order chi connectivity index (χ1) is 8.58. The van der Waals surface area contributed by atoms with E-state index < -0.39 is 5.91 Å². The van der Waals surface area contributed by atoms with Crippen LogP contribution in [0.4, 0.5) is 0 Å². The van der Waals surface area contributed by atoms with Gasteiger partial charge in [0.2, 0.25) is 11.1 Å². The summed E-state index contributed by atoms with van der Waals surface area (Å²) < 4.78 is 1.62. The molecular weight excluding hydrogens is 250 g/mol. The molecule has 18 heavy (non-hydrogen) atoms. The van der Waals surface area contributed by atoms with Crippen molar-refractivity contribution >= 4 is 17.7 Å². The molecule has 94 valence electrons. The van der Waals surface area contributed by atoms with Crippen LogP contribution in [0.25, 0.3) is 5.69 Å². The minimum Gasteiger partial charge on any atom is -0.369 e. The lowest BCUT2D eigenvalue weighted by molar-refractivity contribution is -0.115. The van der Waals surface area contributed by atoms with E-state index in [1.54, 1.807) is 4.68 Å². The summed E-state index contributed by atoms with van der Waals surface area (Å²) in [4.78, 5) is 10.8. The highest BCUT2D eigenvalue weighted by atomic mass is 32.2. The van der Waals surface area contributed by atoms with Gasteiger partial charge in [-0.25, -0.2) is 0 Å². The van der Waals surface area contributed by atoms with Crippen LogP contribution >= 0.6 is 11.8 Å². The summed E-state index contributed by atoms with van der Waals surface area (Å²) >= 11 is 1.22. The van der Waals surface area contributed by atoms with Crippen LogP contribution in [0.1, 0.15) is 11.1 Å². The minimum atomic E-state index is -0.393. The number of tetrazole rings is 1. The molecule has 2 aromatic rings. The third-order valence-electron chi connectivity index (χ3n) is 2.38. The number of rotatable bonds is 4. The van der Waals surface area contributed by atoms with Crippen molar-refractivity contribution in [1.29, 1.82) is 0 Å². The fourth-order valence-electron chi connectivity index (χ4n) is 1.50. The first-order valence-corrected chi connectivity index (χ1v) is 6.33. The number of hydrogen-bond donors (Lipinski definition) is 1. The summed E-state index contributed by atoms with van der Waals surface area (Å²) in [6.45, 7) is 3.99. The molecule has 0 fully saturated rings. The SMILES string of the molecule is Cc1ccc(C)c(-n2nnnc2SCC(N)=O)c1. The Kier molecular flexibility index (Phi) is 3.61. The number of nitrogens with two attached hydrogens (primary N) is 1. The van der Waals surface area contributed by atoms with E-state index in [1.807, 2.05) is 32.0 Å². The molecule has 0 spiro atoms. The standard InChI is InChI=1S/C11H13N5OS/c1-7-3-4-8(2)9(5-7)16-11(13-14-15-16)18-6-10(12)17/h3-5H,6H2,1-2H3,(H2,12,17). The highest BCUT2D eigenvalue weighted by Gasteiger charge is 2.12. The Bertz CT molecular complexity index is 581. The summed E-state index contributed by atoms with van der Waals surface area (Å²) in [7, 11) is 0. The van der Waals surface area contributed by atoms with Gasteiger partial charge in [-0.15, -0.1) is 5.10 Å². The van der Waals surface area contributed by atoms with Gasteiger partial charge in [-0.1, -0.05) is 23.9 Å². The van der Waals surface area contributed by atoms with Crippen molar-refractivity contribution in [2.24, 2.45) is 5.73 Å².